The number of hydrogen-bond acceptors (Lipinski definition) is 3. The summed E-state index contributed by atoms with van der Waals surface area (Å²) in [6.45, 7) is 6.48. The van der Waals surface area contributed by atoms with Crippen LogP contribution < -0.4 is 10.1 Å². The van der Waals surface area contributed by atoms with Crippen molar-refractivity contribution in [1.29, 1.82) is 0 Å². The van der Waals surface area contributed by atoms with Crippen LogP contribution in [0, 0.1) is 0 Å². The number of carbonyl (C=O) groups excluding carboxylic acids is 1. The number of hydrogen-bond donors (Lipinski definition) is 1. The van der Waals surface area contributed by atoms with E-state index < -0.39 is 6.10 Å². The lowest BCUT2D eigenvalue weighted by Gasteiger charge is -2.20. The van der Waals surface area contributed by atoms with Gasteiger partial charge in [-0.05, 0) is 67.0 Å². The quantitative estimate of drug-likeness (QED) is 0.567. The summed E-state index contributed by atoms with van der Waals surface area (Å²) in [6.07, 6.45) is -0.663. The average molecular weight is 451 g/mol. The van der Waals surface area contributed by atoms with Crippen molar-refractivity contribution in [3.63, 3.8) is 0 Å². The highest BCUT2D eigenvalue weighted by Gasteiger charge is 2.22. The van der Waals surface area contributed by atoms with E-state index in [4.69, 9.17) is 16.3 Å². The van der Waals surface area contributed by atoms with E-state index in [1.807, 2.05) is 31.2 Å². The number of nitrogens with one attached hydrogen (secondary N) is 1. The summed E-state index contributed by atoms with van der Waals surface area (Å²) >= 11 is 9.34. The van der Waals surface area contributed by atoms with Crippen molar-refractivity contribution in [1.82, 2.24) is 14.9 Å². The third kappa shape index (κ3) is 4.28. The maximum absolute atomic E-state index is 12.6. The molecule has 0 aliphatic rings. The van der Waals surface area contributed by atoms with Crippen molar-refractivity contribution >= 4 is 44.5 Å². The van der Waals surface area contributed by atoms with E-state index >= 15 is 0 Å². The smallest absolute Gasteiger partial charge is 0.261 e. The molecule has 0 fully saturated rings. The first kappa shape index (κ1) is 19.7. The van der Waals surface area contributed by atoms with Gasteiger partial charge in [0.05, 0.1) is 21.5 Å². The number of carbonyl (C=O) groups is 1. The molecule has 142 valence electrons. The molecule has 1 amide bonds. The molecule has 1 heterocycles. The van der Waals surface area contributed by atoms with Crippen molar-refractivity contribution < 1.29 is 9.53 Å². The second-order valence-electron chi connectivity index (χ2n) is 6.27. The van der Waals surface area contributed by atoms with Crippen molar-refractivity contribution in [3.05, 3.63) is 57.8 Å². The predicted octanol–water partition coefficient (Wildman–Crippen LogP) is 5.12. The largest absolute Gasteiger partial charge is 0.480 e. The molecule has 3 rings (SSSR count). The van der Waals surface area contributed by atoms with Gasteiger partial charge in [0.25, 0.3) is 5.91 Å². The molecule has 1 aromatic heterocycles. The molecule has 27 heavy (non-hydrogen) atoms. The number of halogens is 2. The summed E-state index contributed by atoms with van der Waals surface area (Å²) in [6, 6.07) is 12.9. The maximum atomic E-state index is 12.6. The van der Waals surface area contributed by atoms with Gasteiger partial charge in [0.15, 0.2) is 6.10 Å². The van der Waals surface area contributed by atoms with Crippen LogP contribution in [0.4, 0.5) is 0 Å². The van der Waals surface area contributed by atoms with Gasteiger partial charge in [-0.1, -0.05) is 23.7 Å². The van der Waals surface area contributed by atoms with E-state index in [2.05, 4.69) is 37.7 Å². The van der Waals surface area contributed by atoms with E-state index in [0.717, 1.165) is 23.4 Å². The number of ether oxygens (including phenoxy) is 1. The summed E-state index contributed by atoms with van der Waals surface area (Å²) < 4.78 is 8.59. The first-order valence-corrected chi connectivity index (χ1v) is 9.95. The first-order valence-electron chi connectivity index (χ1n) is 8.78. The van der Waals surface area contributed by atoms with Crippen LogP contribution >= 0.6 is 27.5 Å². The van der Waals surface area contributed by atoms with Gasteiger partial charge in [-0.3, -0.25) is 4.79 Å². The molecule has 2 unspecified atom stereocenters. The lowest BCUT2D eigenvalue weighted by molar-refractivity contribution is -0.128. The Morgan fingerprint density at radius 3 is 2.74 bits per heavy atom. The van der Waals surface area contributed by atoms with Crippen molar-refractivity contribution in [2.75, 3.05) is 0 Å². The molecule has 3 aromatic rings. The van der Waals surface area contributed by atoms with Gasteiger partial charge in [-0.25, -0.2) is 4.98 Å². The SMILES string of the molecule is CCn1c(C(C)NC(=O)C(C)Oc2ccc(Cl)cc2Br)nc2ccccc21. The highest BCUT2D eigenvalue weighted by Crippen LogP contribution is 2.29. The monoisotopic (exact) mass is 449 g/mol. The third-order valence-corrected chi connectivity index (χ3v) is 5.17. The van der Waals surface area contributed by atoms with E-state index in [1.165, 1.54) is 0 Å². The van der Waals surface area contributed by atoms with E-state index in [0.29, 0.717) is 15.2 Å². The second-order valence-corrected chi connectivity index (χ2v) is 7.56. The lowest BCUT2D eigenvalue weighted by atomic mass is 10.2. The summed E-state index contributed by atoms with van der Waals surface area (Å²) in [5.74, 6) is 1.18. The van der Waals surface area contributed by atoms with Crippen molar-refractivity contribution in [3.8, 4) is 5.75 Å². The number of benzene rings is 2. The summed E-state index contributed by atoms with van der Waals surface area (Å²) in [7, 11) is 0. The van der Waals surface area contributed by atoms with Gasteiger partial charge in [0.2, 0.25) is 0 Å². The standard InChI is InChI=1S/C20H21BrClN3O2/c1-4-25-17-8-6-5-7-16(17)24-19(25)12(2)23-20(26)13(3)27-18-10-9-14(22)11-15(18)21/h5-13H,4H2,1-3H3,(H,23,26). The number of amides is 1. The van der Waals surface area contributed by atoms with Crippen LogP contribution in [0.15, 0.2) is 46.9 Å². The van der Waals surface area contributed by atoms with Gasteiger partial charge in [0.1, 0.15) is 11.6 Å². The fourth-order valence-corrected chi connectivity index (χ4v) is 3.74. The van der Waals surface area contributed by atoms with Gasteiger partial charge < -0.3 is 14.6 Å². The Labute approximate surface area is 171 Å². The molecule has 2 aromatic carbocycles. The molecule has 0 saturated carbocycles. The highest BCUT2D eigenvalue weighted by atomic mass is 79.9. The molecule has 0 saturated heterocycles. The van der Waals surface area contributed by atoms with E-state index in [9.17, 15) is 4.79 Å². The Bertz CT molecular complexity index is 973. The minimum absolute atomic E-state index is 0.209. The molecule has 0 spiro atoms. The minimum atomic E-state index is -0.663. The molecule has 7 heteroatoms. The lowest BCUT2D eigenvalue weighted by Crippen LogP contribution is -2.38. The molecule has 0 radical (unpaired) electrons. The van der Waals surface area contributed by atoms with Crippen LogP contribution in [0.25, 0.3) is 11.0 Å². The molecule has 1 N–H and O–H groups in total. The van der Waals surface area contributed by atoms with Gasteiger partial charge in [-0.2, -0.15) is 0 Å². The number of aromatic nitrogens is 2. The van der Waals surface area contributed by atoms with Gasteiger partial charge in [0, 0.05) is 11.6 Å². The molecule has 2 atom stereocenters. The van der Waals surface area contributed by atoms with Crippen LogP contribution in [0.5, 0.6) is 5.75 Å². The van der Waals surface area contributed by atoms with Crippen LogP contribution in [0.2, 0.25) is 5.02 Å². The first-order chi connectivity index (χ1) is 12.9. The molecule has 0 bridgehead atoms. The number of rotatable bonds is 6. The van der Waals surface area contributed by atoms with Crippen LogP contribution in [0.3, 0.4) is 0 Å². The van der Waals surface area contributed by atoms with Crippen LogP contribution in [-0.2, 0) is 11.3 Å². The third-order valence-electron chi connectivity index (χ3n) is 4.31. The second kappa shape index (κ2) is 8.31. The Morgan fingerprint density at radius 1 is 1.30 bits per heavy atom. The van der Waals surface area contributed by atoms with E-state index in [-0.39, 0.29) is 11.9 Å². The number of fused-ring (bicyclic) bond motifs is 1. The van der Waals surface area contributed by atoms with Crippen LogP contribution in [0.1, 0.15) is 32.6 Å². The molecular weight excluding hydrogens is 430 g/mol. The zero-order chi connectivity index (χ0) is 19.6. The van der Waals surface area contributed by atoms with Gasteiger partial charge in [-0.15, -0.1) is 0 Å². The van der Waals surface area contributed by atoms with Crippen molar-refractivity contribution in [2.45, 2.75) is 39.5 Å². The fraction of sp³-hybridized carbons (Fsp3) is 0.300. The summed E-state index contributed by atoms with van der Waals surface area (Å²) in [5.41, 5.74) is 1.98. The Kier molecular flexibility index (Phi) is 6.07. The van der Waals surface area contributed by atoms with Crippen molar-refractivity contribution in [2.24, 2.45) is 0 Å². The van der Waals surface area contributed by atoms with Gasteiger partial charge >= 0.3 is 0 Å². The molecule has 0 aliphatic heterocycles. The number of aryl methyl sites for hydroxylation is 1. The zero-order valence-electron chi connectivity index (χ0n) is 15.4. The Morgan fingerprint density at radius 2 is 2.04 bits per heavy atom. The zero-order valence-corrected chi connectivity index (χ0v) is 17.7. The fourth-order valence-electron chi connectivity index (χ4n) is 2.97. The highest BCUT2D eigenvalue weighted by molar-refractivity contribution is 9.10. The number of para-hydroxylation sites is 2. The number of nitrogens with zero attached hydrogens (tertiary/aromatic N) is 2. The minimum Gasteiger partial charge on any atom is -0.480 e. The molecule has 5 nitrogen and oxygen atoms in total. The number of imidazole rings is 1. The van der Waals surface area contributed by atoms with Crippen LogP contribution in [-0.4, -0.2) is 21.6 Å². The summed E-state index contributed by atoms with van der Waals surface area (Å²) in [5, 5.41) is 3.59. The average Bonchev–Trinajstić information content (AvgIpc) is 3.02. The Balaban J connectivity index is 1.73. The normalized spacial score (nSPS) is 13.4. The maximum Gasteiger partial charge on any atom is 0.261 e. The molecular formula is C20H21BrClN3O2. The Hall–Kier alpha value is -2.05. The topological polar surface area (TPSA) is 56.2 Å². The van der Waals surface area contributed by atoms with E-state index in [1.54, 1.807) is 25.1 Å². The summed E-state index contributed by atoms with van der Waals surface area (Å²) in [4.78, 5) is 17.3. The molecule has 0 aliphatic carbocycles. The predicted molar refractivity (Wildman–Crippen MR) is 111 cm³/mol.